The maximum atomic E-state index is 12.3. The molecule has 0 bridgehead atoms. The highest BCUT2D eigenvalue weighted by Gasteiger charge is 2.19. The lowest BCUT2D eigenvalue weighted by Gasteiger charge is -2.34. The Hall–Kier alpha value is -2.37. The standard InChI is InChI=1S/C22H29N3O2/c1-18-5-3-4-6-20(18)15-23-22(26)17-25-13-11-24(12-14-25)16-19-7-9-21(27-2)10-8-19/h3-10H,11-17H2,1-2H3,(H,23,26). The van der Waals surface area contributed by atoms with Crippen LogP contribution in [0.4, 0.5) is 0 Å². The van der Waals surface area contributed by atoms with Crippen LogP contribution >= 0.6 is 0 Å². The third-order valence-corrected chi connectivity index (χ3v) is 5.13. The predicted octanol–water partition coefficient (Wildman–Crippen LogP) is 2.44. The molecular weight excluding hydrogens is 338 g/mol. The van der Waals surface area contributed by atoms with Crippen LogP contribution in [-0.2, 0) is 17.9 Å². The van der Waals surface area contributed by atoms with Crippen LogP contribution in [0.15, 0.2) is 48.5 Å². The number of aryl methyl sites for hydroxylation is 1. The Labute approximate surface area is 161 Å². The molecule has 2 aromatic carbocycles. The van der Waals surface area contributed by atoms with E-state index in [4.69, 9.17) is 4.74 Å². The van der Waals surface area contributed by atoms with Gasteiger partial charge < -0.3 is 10.1 Å². The van der Waals surface area contributed by atoms with Gasteiger partial charge in [-0.2, -0.15) is 0 Å². The number of rotatable bonds is 7. The second-order valence-electron chi connectivity index (χ2n) is 7.10. The number of amides is 1. The van der Waals surface area contributed by atoms with E-state index >= 15 is 0 Å². The molecule has 0 aliphatic carbocycles. The molecule has 5 nitrogen and oxygen atoms in total. The van der Waals surface area contributed by atoms with Gasteiger partial charge in [0.25, 0.3) is 0 Å². The third kappa shape index (κ3) is 5.81. The number of ether oxygens (including phenoxy) is 1. The summed E-state index contributed by atoms with van der Waals surface area (Å²) in [5.74, 6) is 0.988. The van der Waals surface area contributed by atoms with Gasteiger partial charge in [0.05, 0.1) is 13.7 Å². The van der Waals surface area contributed by atoms with Gasteiger partial charge in [-0.3, -0.25) is 14.6 Å². The summed E-state index contributed by atoms with van der Waals surface area (Å²) in [6.45, 7) is 7.90. The van der Waals surface area contributed by atoms with E-state index in [0.717, 1.165) is 38.5 Å². The number of benzene rings is 2. The Morgan fingerprint density at radius 2 is 1.67 bits per heavy atom. The monoisotopic (exact) mass is 367 g/mol. The summed E-state index contributed by atoms with van der Waals surface area (Å²) in [5, 5.41) is 3.04. The lowest BCUT2D eigenvalue weighted by atomic mass is 10.1. The smallest absolute Gasteiger partial charge is 0.234 e. The van der Waals surface area contributed by atoms with Gasteiger partial charge in [0.15, 0.2) is 0 Å². The van der Waals surface area contributed by atoms with Crippen LogP contribution in [-0.4, -0.2) is 55.5 Å². The summed E-state index contributed by atoms with van der Waals surface area (Å²) < 4.78 is 5.21. The minimum Gasteiger partial charge on any atom is -0.497 e. The third-order valence-electron chi connectivity index (χ3n) is 5.13. The molecule has 2 aromatic rings. The quantitative estimate of drug-likeness (QED) is 0.816. The zero-order valence-corrected chi connectivity index (χ0v) is 16.3. The average molecular weight is 367 g/mol. The number of methoxy groups -OCH3 is 1. The molecule has 1 N–H and O–H groups in total. The van der Waals surface area contributed by atoms with Crippen molar-refractivity contribution in [2.45, 2.75) is 20.0 Å². The summed E-state index contributed by atoms with van der Waals surface area (Å²) in [6.07, 6.45) is 0. The van der Waals surface area contributed by atoms with E-state index in [1.807, 2.05) is 24.3 Å². The molecule has 0 aromatic heterocycles. The number of carbonyl (C=O) groups excluding carboxylic acids is 1. The Morgan fingerprint density at radius 3 is 2.33 bits per heavy atom. The number of piperazine rings is 1. The fourth-order valence-corrected chi connectivity index (χ4v) is 3.36. The number of carbonyl (C=O) groups is 1. The van der Waals surface area contributed by atoms with E-state index < -0.39 is 0 Å². The number of nitrogens with one attached hydrogen (secondary N) is 1. The van der Waals surface area contributed by atoms with Gasteiger partial charge in [-0.15, -0.1) is 0 Å². The Morgan fingerprint density at radius 1 is 1.00 bits per heavy atom. The molecule has 0 saturated carbocycles. The first-order chi connectivity index (χ1) is 13.1. The fourth-order valence-electron chi connectivity index (χ4n) is 3.36. The number of hydrogen-bond donors (Lipinski definition) is 1. The zero-order valence-electron chi connectivity index (χ0n) is 16.3. The van der Waals surface area contributed by atoms with Crippen LogP contribution in [0.25, 0.3) is 0 Å². The van der Waals surface area contributed by atoms with Crippen LogP contribution in [0, 0.1) is 6.92 Å². The summed E-state index contributed by atoms with van der Waals surface area (Å²) in [4.78, 5) is 16.9. The highest BCUT2D eigenvalue weighted by atomic mass is 16.5. The van der Waals surface area contributed by atoms with Crippen molar-refractivity contribution in [3.63, 3.8) is 0 Å². The Balaban J connectivity index is 1.38. The molecule has 0 spiro atoms. The van der Waals surface area contributed by atoms with E-state index in [0.29, 0.717) is 13.1 Å². The van der Waals surface area contributed by atoms with Gasteiger partial charge >= 0.3 is 0 Å². The molecule has 1 aliphatic heterocycles. The van der Waals surface area contributed by atoms with Gasteiger partial charge in [-0.25, -0.2) is 0 Å². The maximum Gasteiger partial charge on any atom is 0.234 e. The summed E-state index contributed by atoms with van der Waals surface area (Å²) >= 11 is 0. The van der Waals surface area contributed by atoms with E-state index in [2.05, 4.69) is 46.3 Å². The van der Waals surface area contributed by atoms with Crippen molar-refractivity contribution in [3.05, 3.63) is 65.2 Å². The van der Waals surface area contributed by atoms with Crippen LogP contribution in [0.1, 0.15) is 16.7 Å². The maximum absolute atomic E-state index is 12.3. The summed E-state index contributed by atoms with van der Waals surface area (Å²) in [6, 6.07) is 16.4. The molecular formula is C22H29N3O2. The number of nitrogens with zero attached hydrogens (tertiary/aromatic N) is 2. The molecule has 144 valence electrons. The minimum absolute atomic E-state index is 0.0989. The predicted molar refractivity (Wildman–Crippen MR) is 108 cm³/mol. The molecule has 1 saturated heterocycles. The lowest BCUT2D eigenvalue weighted by molar-refractivity contribution is -0.122. The van der Waals surface area contributed by atoms with E-state index in [1.165, 1.54) is 16.7 Å². The average Bonchev–Trinajstić information content (AvgIpc) is 2.69. The second kappa shape index (κ2) is 9.53. The van der Waals surface area contributed by atoms with Gasteiger partial charge in [0.1, 0.15) is 5.75 Å². The molecule has 1 aliphatic rings. The van der Waals surface area contributed by atoms with Crippen molar-refractivity contribution in [1.29, 1.82) is 0 Å². The molecule has 1 fully saturated rings. The minimum atomic E-state index is 0.0989. The van der Waals surface area contributed by atoms with Crippen molar-refractivity contribution in [3.8, 4) is 5.75 Å². The first-order valence-corrected chi connectivity index (χ1v) is 9.53. The molecule has 0 atom stereocenters. The molecule has 0 radical (unpaired) electrons. The van der Waals surface area contributed by atoms with Crippen molar-refractivity contribution in [2.75, 3.05) is 39.8 Å². The van der Waals surface area contributed by atoms with Crippen LogP contribution in [0.3, 0.4) is 0 Å². The Bertz CT molecular complexity index is 737. The van der Waals surface area contributed by atoms with E-state index in [1.54, 1.807) is 7.11 Å². The largest absolute Gasteiger partial charge is 0.497 e. The molecule has 1 amide bonds. The second-order valence-corrected chi connectivity index (χ2v) is 7.10. The molecule has 27 heavy (non-hydrogen) atoms. The molecule has 3 rings (SSSR count). The fraction of sp³-hybridized carbons (Fsp3) is 0.409. The SMILES string of the molecule is COc1ccc(CN2CCN(CC(=O)NCc3ccccc3C)CC2)cc1. The van der Waals surface area contributed by atoms with E-state index in [9.17, 15) is 4.79 Å². The molecule has 1 heterocycles. The van der Waals surface area contributed by atoms with Crippen molar-refractivity contribution in [1.82, 2.24) is 15.1 Å². The zero-order chi connectivity index (χ0) is 19.1. The normalized spacial score (nSPS) is 15.5. The van der Waals surface area contributed by atoms with E-state index in [-0.39, 0.29) is 5.91 Å². The summed E-state index contributed by atoms with van der Waals surface area (Å²) in [7, 11) is 1.69. The van der Waals surface area contributed by atoms with Crippen molar-refractivity contribution >= 4 is 5.91 Å². The van der Waals surface area contributed by atoms with Gasteiger partial charge in [-0.1, -0.05) is 36.4 Å². The highest BCUT2D eigenvalue weighted by Crippen LogP contribution is 2.14. The first kappa shape index (κ1) is 19.4. The summed E-state index contributed by atoms with van der Waals surface area (Å²) in [5.41, 5.74) is 3.68. The van der Waals surface area contributed by atoms with Gasteiger partial charge in [0.2, 0.25) is 5.91 Å². The van der Waals surface area contributed by atoms with Crippen molar-refractivity contribution in [2.24, 2.45) is 0 Å². The van der Waals surface area contributed by atoms with Gasteiger partial charge in [-0.05, 0) is 35.7 Å². The number of hydrogen-bond acceptors (Lipinski definition) is 4. The Kier molecular flexibility index (Phi) is 6.85. The van der Waals surface area contributed by atoms with Crippen molar-refractivity contribution < 1.29 is 9.53 Å². The first-order valence-electron chi connectivity index (χ1n) is 9.53. The molecule has 0 unspecified atom stereocenters. The lowest BCUT2D eigenvalue weighted by Crippen LogP contribution is -2.49. The topological polar surface area (TPSA) is 44.8 Å². The highest BCUT2D eigenvalue weighted by molar-refractivity contribution is 5.78. The van der Waals surface area contributed by atoms with Crippen LogP contribution < -0.4 is 10.1 Å². The van der Waals surface area contributed by atoms with Crippen LogP contribution in [0.2, 0.25) is 0 Å². The van der Waals surface area contributed by atoms with Crippen LogP contribution in [0.5, 0.6) is 5.75 Å². The van der Waals surface area contributed by atoms with Gasteiger partial charge in [0, 0.05) is 39.3 Å². The molecule has 5 heteroatoms.